The molecule has 0 saturated heterocycles. The number of fused-ring (bicyclic) bond motifs is 1. The van der Waals surface area contributed by atoms with Crippen LogP contribution in [0.25, 0.3) is 10.8 Å². The molecule has 0 unspecified atom stereocenters. The van der Waals surface area contributed by atoms with E-state index in [0.29, 0.717) is 22.9 Å². The molecule has 3 aromatic heterocycles. The quantitative estimate of drug-likeness (QED) is 0.491. The van der Waals surface area contributed by atoms with Crippen molar-refractivity contribution in [2.45, 2.75) is 4.90 Å². The number of nitrogens with one attached hydrogen (secondary N) is 2. The van der Waals surface area contributed by atoms with Crippen LogP contribution in [0.15, 0.2) is 70.6 Å². The van der Waals surface area contributed by atoms with Gasteiger partial charge in [0, 0.05) is 41.2 Å². The van der Waals surface area contributed by atoms with Gasteiger partial charge in [-0.25, -0.2) is 23.5 Å². The van der Waals surface area contributed by atoms with Gasteiger partial charge in [0.1, 0.15) is 17.2 Å². The van der Waals surface area contributed by atoms with E-state index in [0.717, 1.165) is 10.8 Å². The molecule has 30 heavy (non-hydrogen) atoms. The van der Waals surface area contributed by atoms with Gasteiger partial charge in [-0.15, -0.1) is 0 Å². The van der Waals surface area contributed by atoms with Gasteiger partial charge in [0.05, 0.1) is 4.90 Å². The Morgan fingerprint density at radius 1 is 1.00 bits per heavy atom. The van der Waals surface area contributed by atoms with E-state index in [4.69, 9.17) is 0 Å². The summed E-state index contributed by atoms with van der Waals surface area (Å²) in [6.45, 7) is 0. The maximum absolute atomic E-state index is 11.6. The molecule has 1 aromatic carbocycles. The Morgan fingerprint density at radius 3 is 2.50 bits per heavy atom. The Kier molecular flexibility index (Phi) is 5.00. The first-order valence-electron chi connectivity index (χ1n) is 8.78. The van der Waals surface area contributed by atoms with Crippen molar-refractivity contribution < 1.29 is 8.42 Å². The maximum Gasteiger partial charge on any atom is 0.264 e. The molecule has 0 aliphatic heterocycles. The standard InChI is InChI=1S/C21H15N5O3S/c1-30(28,29)17-6-2-15(3-7-17)24-20-12-18-14(13-23-20)10-11-22-19(18)8-4-16-5-9-21(27)26-25-16/h2-3,5-7,9-13H,1H3,(H,23,24)(H,26,27). The van der Waals surface area contributed by atoms with Gasteiger partial charge in [-0.2, -0.15) is 5.10 Å². The average molecular weight is 417 g/mol. The summed E-state index contributed by atoms with van der Waals surface area (Å²) in [7, 11) is -3.25. The normalized spacial score (nSPS) is 11.0. The molecular formula is C21H15N5O3S. The second-order valence-electron chi connectivity index (χ2n) is 6.43. The average Bonchev–Trinajstić information content (AvgIpc) is 2.73. The molecule has 0 bridgehead atoms. The molecule has 0 atom stereocenters. The summed E-state index contributed by atoms with van der Waals surface area (Å²) >= 11 is 0. The van der Waals surface area contributed by atoms with Crippen LogP contribution < -0.4 is 10.9 Å². The fraction of sp³-hybridized carbons (Fsp3) is 0.0476. The summed E-state index contributed by atoms with van der Waals surface area (Å²) in [6.07, 6.45) is 4.51. The van der Waals surface area contributed by atoms with E-state index in [1.807, 2.05) is 12.1 Å². The minimum absolute atomic E-state index is 0.247. The van der Waals surface area contributed by atoms with Gasteiger partial charge in [0.15, 0.2) is 9.84 Å². The first-order valence-corrected chi connectivity index (χ1v) is 10.7. The van der Waals surface area contributed by atoms with Crippen LogP contribution in [-0.4, -0.2) is 34.8 Å². The fourth-order valence-electron chi connectivity index (χ4n) is 2.70. The second kappa shape index (κ2) is 7.77. The predicted octanol–water partition coefficient (Wildman–Crippen LogP) is 2.26. The molecule has 0 radical (unpaired) electrons. The number of anilines is 2. The highest BCUT2D eigenvalue weighted by Gasteiger charge is 2.07. The molecule has 0 amide bonds. The van der Waals surface area contributed by atoms with E-state index in [9.17, 15) is 13.2 Å². The Morgan fingerprint density at radius 2 is 1.80 bits per heavy atom. The maximum atomic E-state index is 11.6. The third-order valence-electron chi connectivity index (χ3n) is 4.19. The number of sulfone groups is 1. The summed E-state index contributed by atoms with van der Waals surface area (Å²) in [6, 6.07) is 13.0. The molecule has 0 spiro atoms. The molecule has 0 fully saturated rings. The number of aromatic amines is 1. The lowest BCUT2D eigenvalue weighted by Gasteiger charge is -2.08. The van der Waals surface area contributed by atoms with Crippen molar-refractivity contribution in [2.75, 3.05) is 11.6 Å². The predicted molar refractivity (Wildman–Crippen MR) is 113 cm³/mol. The summed E-state index contributed by atoms with van der Waals surface area (Å²) in [5, 5.41) is 11.0. The van der Waals surface area contributed by atoms with Crippen LogP contribution >= 0.6 is 0 Å². The fourth-order valence-corrected chi connectivity index (χ4v) is 3.33. The number of hydrogen-bond acceptors (Lipinski definition) is 7. The van der Waals surface area contributed by atoms with Crippen molar-refractivity contribution in [1.29, 1.82) is 0 Å². The number of rotatable bonds is 3. The lowest BCUT2D eigenvalue weighted by molar-refractivity contribution is 0.602. The molecule has 0 aliphatic carbocycles. The Hall–Kier alpha value is -4.03. The third kappa shape index (κ3) is 4.34. The van der Waals surface area contributed by atoms with E-state index < -0.39 is 9.84 Å². The zero-order chi connectivity index (χ0) is 21.1. The Labute approximate surface area is 172 Å². The van der Waals surface area contributed by atoms with Gasteiger partial charge in [-0.05, 0) is 54.3 Å². The van der Waals surface area contributed by atoms with Crippen molar-refractivity contribution >= 4 is 32.1 Å². The minimum atomic E-state index is -3.25. The molecule has 3 heterocycles. The molecule has 9 heteroatoms. The highest BCUT2D eigenvalue weighted by Crippen LogP contribution is 2.22. The van der Waals surface area contributed by atoms with E-state index >= 15 is 0 Å². The topological polar surface area (TPSA) is 118 Å². The van der Waals surface area contributed by atoms with Gasteiger partial charge in [0.25, 0.3) is 5.56 Å². The lowest BCUT2D eigenvalue weighted by atomic mass is 10.1. The molecule has 2 N–H and O–H groups in total. The van der Waals surface area contributed by atoms with Gasteiger partial charge < -0.3 is 5.32 Å². The molecule has 4 rings (SSSR count). The second-order valence-corrected chi connectivity index (χ2v) is 8.44. The monoisotopic (exact) mass is 417 g/mol. The highest BCUT2D eigenvalue weighted by molar-refractivity contribution is 7.90. The summed E-state index contributed by atoms with van der Waals surface area (Å²) in [4.78, 5) is 20.1. The first-order chi connectivity index (χ1) is 14.4. The van der Waals surface area contributed by atoms with Crippen LogP contribution in [0, 0.1) is 11.8 Å². The molecule has 0 saturated carbocycles. The zero-order valence-electron chi connectivity index (χ0n) is 15.7. The van der Waals surface area contributed by atoms with Crippen LogP contribution in [-0.2, 0) is 9.84 Å². The Bertz CT molecular complexity index is 1450. The minimum Gasteiger partial charge on any atom is -0.340 e. The first kappa shape index (κ1) is 19.3. The molecular weight excluding hydrogens is 402 g/mol. The zero-order valence-corrected chi connectivity index (χ0v) is 16.6. The van der Waals surface area contributed by atoms with E-state index in [2.05, 4.69) is 37.3 Å². The number of benzene rings is 1. The third-order valence-corrected chi connectivity index (χ3v) is 5.32. The SMILES string of the molecule is CS(=O)(=O)c1ccc(Nc2cc3c(C#Cc4ccc(=O)[nH]n4)nccc3cn2)cc1. The van der Waals surface area contributed by atoms with E-state index in [-0.39, 0.29) is 10.5 Å². The summed E-state index contributed by atoms with van der Waals surface area (Å²) < 4.78 is 23.2. The van der Waals surface area contributed by atoms with Crippen molar-refractivity contribution in [3.8, 4) is 11.8 Å². The van der Waals surface area contributed by atoms with Crippen LogP contribution in [0.5, 0.6) is 0 Å². The van der Waals surface area contributed by atoms with Crippen LogP contribution in [0.2, 0.25) is 0 Å². The number of pyridine rings is 2. The van der Waals surface area contributed by atoms with Crippen LogP contribution in [0.3, 0.4) is 0 Å². The number of hydrogen-bond donors (Lipinski definition) is 2. The number of nitrogens with zero attached hydrogens (tertiary/aromatic N) is 3. The van der Waals surface area contributed by atoms with Crippen molar-refractivity contribution in [2.24, 2.45) is 0 Å². The van der Waals surface area contributed by atoms with Crippen molar-refractivity contribution in [1.82, 2.24) is 20.2 Å². The van der Waals surface area contributed by atoms with Crippen LogP contribution in [0.4, 0.5) is 11.5 Å². The lowest BCUT2D eigenvalue weighted by Crippen LogP contribution is -2.05. The molecule has 4 aromatic rings. The summed E-state index contributed by atoms with van der Waals surface area (Å²) in [5.74, 6) is 6.41. The molecule has 0 aliphatic rings. The van der Waals surface area contributed by atoms with Crippen molar-refractivity contribution in [3.63, 3.8) is 0 Å². The largest absolute Gasteiger partial charge is 0.340 e. The van der Waals surface area contributed by atoms with E-state index in [1.54, 1.807) is 24.5 Å². The number of aromatic nitrogens is 4. The summed E-state index contributed by atoms with van der Waals surface area (Å²) in [5.41, 5.74) is 1.36. The number of H-pyrrole nitrogens is 1. The van der Waals surface area contributed by atoms with Crippen LogP contribution in [0.1, 0.15) is 11.4 Å². The Balaban J connectivity index is 1.66. The van der Waals surface area contributed by atoms with Crippen molar-refractivity contribution in [3.05, 3.63) is 82.7 Å². The molecule has 148 valence electrons. The molecule has 8 nitrogen and oxygen atoms in total. The van der Waals surface area contributed by atoms with Gasteiger partial charge in [0.2, 0.25) is 0 Å². The highest BCUT2D eigenvalue weighted by atomic mass is 32.2. The van der Waals surface area contributed by atoms with Gasteiger partial charge >= 0.3 is 0 Å². The van der Waals surface area contributed by atoms with Gasteiger partial charge in [-0.3, -0.25) is 4.79 Å². The van der Waals surface area contributed by atoms with Gasteiger partial charge in [-0.1, -0.05) is 0 Å². The smallest absolute Gasteiger partial charge is 0.264 e. The van der Waals surface area contributed by atoms with E-state index in [1.165, 1.54) is 30.5 Å².